The van der Waals surface area contributed by atoms with E-state index in [1.54, 1.807) is 54.6 Å². The van der Waals surface area contributed by atoms with Gasteiger partial charge in [-0.15, -0.1) is 0 Å². The lowest BCUT2D eigenvalue weighted by molar-refractivity contribution is -0.161. The van der Waals surface area contributed by atoms with Crippen LogP contribution in [0.5, 0.6) is 0 Å². The van der Waals surface area contributed by atoms with Crippen molar-refractivity contribution in [1.29, 1.82) is 0 Å². The summed E-state index contributed by atoms with van der Waals surface area (Å²) in [5, 5.41) is 2.04. The van der Waals surface area contributed by atoms with E-state index in [1.165, 1.54) is 0 Å². The van der Waals surface area contributed by atoms with Gasteiger partial charge in [0.25, 0.3) is 0 Å². The number of hydrogen-bond donors (Lipinski definition) is 2. The first-order valence-electron chi connectivity index (χ1n) is 7.57. The van der Waals surface area contributed by atoms with E-state index in [2.05, 4.69) is 0 Å². The SMILES string of the molecule is N[C@@H](Cc1ccccc1)C(=O)NC(Cc1ccccc1)C(F)(F)F. The van der Waals surface area contributed by atoms with Crippen molar-refractivity contribution in [3.8, 4) is 0 Å². The molecule has 0 saturated carbocycles. The van der Waals surface area contributed by atoms with Crippen LogP contribution in [0.1, 0.15) is 11.1 Å². The van der Waals surface area contributed by atoms with Gasteiger partial charge in [0, 0.05) is 6.42 Å². The summed E-state index contributed by atoms with van der Waals surface area (Å²) in [5.41, 5.74) is 7.05. The molecule has 3 nitrogen and oxygen atoms in total. The largest absolute Gasteiger partial charge is 0.408 e. The van der Waals surface area contributed by atoms with Crippen LogP contribution in [0, 0.1) is 0 Å². The Bertz CT molecular complexity index is 644. The summed E-state index contributed by atoms with van der Waals surface area (Å²) in [4.78, 5) is 12.1. The molecule has 0 aliphatic rings. The van der Waals surface area contributed by atoms with Crippen LogP contribution in [0.4, 0.5) is 13.2 Å². The molecule has 2 atom stereocenters. The van der Waals surface area contributed by atoms with Gasteiger partial charge >= 0.3 is 6.18 Å². The summed E-state index contributed by atoms with van der Waals surface area (Å²) in [7, 11) is 0. The van der Waals surface area contributed by atoms with Crippen molar-refractivity contribution in [2.45, 2.75) is 31.1 Å². The minimum absolute atomic E-state index is 0.183. The number of amides is 1. The first-order valence-corrected chi connectivity index (χ1v) is 7.57. The van der Waals surface area contributed by atoms with Crippen molar-refractivity contribution in [2.24, 2.45) is 5.73 Å². The molecule has 0 aliphatic carbocycles. The van der Waals surface area contributed by atoms with Gasteiger partial charge < -0.3 is 11.1 Å². The van der Waals surface area contributed by atoms with E-state index in [9.17, 15) is 18.0 Å². The second-order valence-electron chi connectivity index (χ2n) is 5.59. The zero-order chi connectivity index (χ0) is 17.6. The van der Waals surface area contributed by atoms with Crippen LogP contribution in [0.25, 0.3) is 0 Å². The zero-order valence-electron chi connectivity index (χ0n) is 13.0. The Balaban J connectivity index is 2.01. The Morgan fingerprint density at radius 3 is 1.83 bits per heavy atom. The summed E-state index contributed by atoms with van der Waals surface area (Å²) in [6, 6.07) is 14.2. The molecule has 3 N–H and O–H groups in total. The molecule has 128 valence electrons. The Labute approximate surface area is 138 Å². The van der Waals surface area contributed by atoms with E-state index in [1.807, 2.05) is 11.4 Å². The summed E-state index contributed by atoms with van der Waals surface area (Å²) in [6.07, 6.45) is -4.69. The van der Waals surface area contributed by atoms with Crippen LogP contribution in [0.3, 0.4) is 0 Å². The maximum Gasteiger partial charge on any atom is 0.408 e. The third-order valence-electron chi connectivity index (χ3n) is 3.63. The monoisotopic (exact) mass is 336 g/mol. The molecular weight excluding hydrogens is 317 g/mol. The fourth-order valence-corrected chi connectivity index (χ4v) is 2.34. The van der Waals surface area contributed by atoms with E-state index in [-0.39, 0.29) is 12.8 Å². The van der Waals surface area contributed by atoms with Crippen molar-refractivity contribution in [1.82, 2.24) is 5.32 Å². The first-order chi connectivity index (χ1) is 11.4. The highest BCUT2D eigenvalue weighted by atomic mass is 19.4. The van der Waals surface area contributed by atoms with E-state index in [0.29, 0.717) is 5.56 Å². The molecule has 1 unspecified atom stereocenters. The maximum atomic E-state index is 13.2. The average molecular weight is 336 g/mol. The Kier molecular flexibility index (Phi) is 5.98. The molecule has 0 saturated heterocycles. The van der Waals surface area contributed by atoms with Crippen LogP contribution >= 0.6 is 0 Å². The Morgan fingerprint density at radius 2 is 1.38 bits per heavy atom. The normalized spacial score (nSPS) is 14.0. The van der Waals surface area contributed by atoms with Gasteiger partial charge in [0.2, 0.25) is 5.91 Å². The van der Waals surface area contributed by atoms with E-state index in [4.69, 9.17) is 5.73 Å². The topological polar surface area (TPSA) is 55.1 Å². The minimum atomic E-state index is -4.54. The number of hydrogen-bond acceptors (Lipinski definition) is 2. The van der Waals surface area contributed by atoms with Crippen molar-refractivity contribution >= 4 is 5.91 Å². The predicted octanol–water partition coefficient (Wildman–Crippen LogP) is 2.85. The number of nitrogens with one attached hydrogen (secondary N) is 1. The fraction of sp³-hybridized carbons (Fsp3) is 0.278. The van der Waals surface area contributed by atoms with Gasteiger partial charge in [0.1, 0.15) is 6.04 Å². The van der Waals surface area contributed by atoms with Crippen LogP contribution in [-0.4, -0.2) is 24.2 Å². The standard InChI is InChI=1S/C18H19F3N2O/c19-18(20,21)16(12-14-9-5-2-6-10-14)23-17(24)15(22)11-13-7-3-1-4-8-13/h1-10,15-16H,11-12,22H2,(H,23,24)/t15-,16?/m0/s1. The van der Waals surface area contributed by atoms with Crippen molar-refractivity contribution in [2.75, 3.05) is 0 Å². The third kappa shape index (κ3) is 5.38. The van der Waals surface area contributed by atoms with Gasteiger partial charge in [-0.05, 0) is 17.5 Å². The number of nitrogens with two attached hydrogens (primary N) is 1. The number of carbonyl (C=O) groups excluding carboxylic acids is 1. The number of carbonyl (C=O) groups is 1. The first kappa shape index (κ1) is 18.0. The molecule has 2 rings (SSSR count). The smallest absolute Gasteiger partial charge is 0.343 e. The molecule has 0 heterocycles. The van der Waals surface area contributed by atoms with Crippen LogP contribution in [0.15, 0.2) is 60.7 Å². The molecule has 24 heavy (non-hydrogen) atoms. The van der Waals surface area contributed by atoms with Gasteiger partial charge in [-0.3, -0.25) is 4.79 Å². The minimum Gasteiger partial charge on any atom is -0.343 e. The summed E-state index contributed by atoms with van der Waals surface area (Å²) >= 11 is 0. The third-order valence-corrected chi connectivity index (χ3v) is 3.63. The van der Waals surface area contributed by atoms with E-state index < -0.39 is 24.2 Å². The molecule has 2 aromatic rings. The van der Waals surface area contributed by atoms with E-state index in [0.717, 1.165) is 5.56 Å². The molecule has 0 radical (unpaired) electrons. The highest BCUT2D eigenvalue weighted by Gasteiger charge is 2.41. The summed E-state index contributed by atoms with van der Waals surface area (Å²) in [5.74, 6) is -0.808. The van der Waals surface area contributed by atoms with Crippen LogP contribution < -0.4 is 11.1 Å². The van der Waals surface area contributed by atoms with Gasteiger partial charge in [-0.25, -0.2) is 0 Å². The van der Waals surface area contributed by atoms with Gasteiger partial charge in [-0.1, -0.05) is 60.7 Å². The molecule has 2 aromatic carbocycles. The quantitative estimate of drug-likeness (QED) is 0.852. The molecule has 0 aliphatic heterocycles. The van der Waals surface area contributed by atoms with Gasteiger partial charge in [0.15, 0.2) is 0 Å². The van der Waals surface area contributed by atoms with E-state index >= 15 is 0 Å². The second-order valence-corrected chi connectivity index (χ2v) is 5.59. The number of benzene rings is 2. The lowest BCUT2D eigenvalue weighted by Gasteiger charge is -2.23. The Morgan fingerprint density at radius 1 is 0.917 bits per heavy atom. The lowest BCUT2D eigenvalue weighted by Crippen LogP contribution is -2.52. The summed E-state index contributed by atoms with van der Waals surface area (Å²) in [6.45, 7) is 0. The lowest BCUT2D eigenvalue weighted by atomic mass is 10.0. The number of alkyl halides is 3. The molecule has 0 fully saturated rings. The molecule has 0 bridgehead atoms. The predicted molar refractivity (Wildman–Crippen MR) is 86.3 cm³/mol. The summed E-state index contributed by atoms with van der Waals surface area (Å²) < 4.78 is 39.6. The van der Waals surface area contributed by atoms with Crippen LogP contribution in [-0.2, 0) is 17.6 Å². The van der Waals surface area contributed by atoms with Crippen molar-refractivity contribution in [3.05, 3.63) is 71.8 Å². The van der Waals surface area contributed by atoms with Crippen LogP contribution in [0.2, 0.25) is 0 Å². The molecule has 0 spiro atoms. The van der Waals surface area contributed by atoms with Gasteiger partial charge in [-0.2, -0.15) is 13.2 Å². The van der Waals surface area contributed by atoms with Gasteiger partial charge in [0.05, 0.1) is 6.04 Å². The van der Waals surface area contributed by atoms with Crippen molar-refractivity contribution < 1.29 is 18.0 Å². The van der Waals surface area contributed by atoms with Crippen molar-refractivity contribution in [3.63, 3.8) is 0 Å². The number of rotatable bonds is 6. The molecule has 1 amide bonds. The molecular formula is C18H19F3N2O. The average Bonchev–Trinajstić information content (AvgIpc) is 2.55. The molecule has 0 aromatic heterocycles. The highest BCUT2D eigenvalue weighted by Crippen LogP contribution is 2.23. The zero-order valence-corrected chi connectivity index (χ0v) is 13.0. The maximum absolute atomic E-state index is 13.2. The Hall–Kier alpha value is -2.34. The fourth-order valence-electron chi connectivity index (χ4n) is 2.34. The number of halogens is 3. The molecule has 6 heteroatoms. The second kappa shape index (κ2) is 7.97. The highest BCUT2D eigenvalue weighted by molar-refractivity contribution is 5.82.